The van der Waals surface area contributed by atoms with Gasteiger partial charge in [0.25, 0.3) is 10.0 Å². The molecule has 1 aromatic heterocycles. The Morgan fingerprint density at radius 2 is 2.05 bits per heavy atom. The van der Waals surface area contributed by atoms with E-state index in [4.69, 9.17) is 18.0 Å². The van der Waals surface area contributed by atoms with Crippen molar-refractivity contribution in [1.29, 1.82) is 0 Å². The monoisotopic (exact) mass is 332 g/mol. The van der Waals surface area contributed by atoms with E-state index in [1.165, 1.54) is 11.3 Å². The fraction of sp³-hybridized carbons (Fsp3) is 0.615. The smallest absolute Gasteiger partial charge is 0.250 e. The number of thiophene rings is 1. The summed E-state index contributed by atoms with van der Waals surface area (Å²) in [5.74, 6) is 0. The number of hydrogen-bond donors (Lipinski definition) is 2. The summed E-state index contributed by atoms with van der Waals surface area (Å²) in [4.78, 5) is 1.31. The predicted octanol–water partition coefficient (Wildman–Crippen LogP) is 2.58. The molecule has 1 aromatic rings. The van der Waals surface area contributed by atoms with Crippen LogP contribution in [-0.4, -0.2) is 18.9 Å². The first-order chi connectivity index (χ1) is 9.39. The van der Waals surface area contributed by atoms with Crippen LogP contribution in [0.3, 0.4) is 0 Å². The first-order valence-corrected chi connectivity index (χ1v) is 9.53. The van der Waals surface area contributed by atoms with E-state index in [-0.39, 0.29) is 4.99 Å². The molecule has 4 nitrogen and oxygen atoms in total. The lowest BCUT2D eigenvalue weighted by Crippen LogP contribution is -2.57. The first kappa shape index (κ1) is 15.9. The largest absolute Gasteiger partial charge is 0.392 e. The number of sulfonamides is 1. The van der Waals surface area contributed by atoms with Crippen LogP contribution in [0.5, 0.6) is 0 Å². The quantitative estimate of drug-likeness (QED) is 0.813. The minimum absolute atomic E-state index is 0.257. The fourth-order valence-electron chi connectivity index (χ4n) is 2.55. The van der Waals surface area contributed by atoms with Gasteiger partial charge in [-0.25, -0.2) is 8.42 Å². The Balaban J connectivity index is 2.27. The Morgan fingerprint density at radius 1 is 1.40 bits per heavy atom. The Bertz CT molecular complexity index is 587. The molecule has 1 aliphatic carbocycles. The van der Waals surface area contributed by atoms with Gasteiger partial charge in [0.15, 0.2) is 0 Å². The standard InChI is InChI=1S/C13H20N2O2S3/c1-2-10-6-7-11(19-10)20(16,17)15-13(12(14)18)8-4-3-5-9-13/h6-7,15H,2-5,8-9H2,1H3,(H2,14,18). The van der Waals surface area contributed by atoms with E-state index in [1.807, 2.05) is 13.0 Å². The van der Waals surface area contributed by atoms with Gasteiger partial charge < -0.3 is 5.73 Å². The molecular weight excluding hydrogens is 312 g/mol. The molecule has 0 aromatic carbocycles. The van der Waals surface area contributed by atoms with E-state index >= 15 is 0 Å². The Labute approximate surface area is 129 Å². The molecule has 0 aliphatic heterocycles. The Morgan fingerprint density at radius 3 is 2.55 bits per heavy atom. The van der Waals surface area contributed by atoms with Gasteiger partial charge in [-0.15, -0.1) is 11.3 Å². The van der Waals surface area contributed by atoms with Crippen LogP contribution in [0.1, 0.15) is 43.9 Å². The van der Waals surface area contributed by atoms with E-state index in [1.54, 1.807) is 6.07 Å². The van der Waals surface area contributed by atoms with Gasteiger partial charge in [0.1, 0.15) is 4.21 Å². The van der Waals surface area contributed by atoms with Gasteiger partial charge in [0.05, 0.1) is 10.5 Å². The van der Waals surface area contributed by atoms with Crippen LogP contribution in [0.2, 0.25) is 0 Å². The highest BCUT2D eigenvalue weighted by molar-refractivity contribution is 7.91. The fourth-order valence-corrected chi connectivity index (χ4v) is 5.61. The van der Waals surface area contributed by atoms with Gasteiger partial charge >= 0.3 is 0 Å². The number of hydrogen-bond acceptors (Lipinski definition) is 4. The van der Waals surface area contributed by atoms with Crippen molar-refractivity contribution in [3.63, 3.8) is 0 Å². The Hall–Kier alpha value is -0.500. The third-order valence-corrected chi connectivity index (χ3v) is 7.41. The average molecular weight is 333 g/mol. The minimum atomic E-state index is -3.55. The van der Waals surface area contributed by atoms with Crippen molar-refractivity contribution >= 4 is 38.6 Å². The highest BCUT2D eigenvalue weighted by atomic mass is 32.2. The summed E-state index contributed by atoms with van der Waals surface area (Å²) >= 11 is 6.43. The molecule has 0 unspecified atom stereocenters. The lowest BCUT2D eigenvalue weighted by Gasteiger charge is -2.36. The summed E-state index contributed by atoms with van der Waals surface area (Å²) in [6.45, 7) is 2.01. The third-order valence-electron chi connectivity index (χ3n) is 3.76. The van der Waals surface area contributed by atoms with Gasteiger partial charge in [-0.05, 0) is 31.4 Å². The molecule has 1 fully saturated rings. The zero-order valence-electron chi connectivity index (χ0n) is 11.5. The lowest BCUT2D eigenvalue weighted by atomic mass is 9.82. The average Bonchev–Trinajstić information content (AvgIpc) is 2.88. The van der Waals surface area contributed by atoms with Crippen molar-refractivity contribution in [3.05, 3.63) is 17.0 Å². The van der Waals surface area contributed by atoms with Crippen LogP contribution in [0.25, 0.3) is 0 Å². The zero-order chi connectivity index (χ0) is 14.8. The van der Waals surface area contributed by atoms with Crippen LogP contribution < -0.4 is 10.5 Å². The second kappa shape index (κ2) is 6.09. The van der Waals surface area contributed by atoms with E-state index in [9.17, 15) is 8.42 Å². The number of aryl methyl sites for hydroxylation is 1. The van der Waals surface area contributed by atoms with Gasteiger partial charge in [-0.3, -0.25) is 0 Å². The maximum absolute atomic E-state index is 12.5. The molecule has 112 valence electrons. The molecule has 0 saturated heterocycles. The summed E-state index contributed by atoms with van der Waals surface area (Å²) < 4.78 is 28.2. The third kappa shape index (κ3) is 3.21. The second-order valence-electron chi connectivity index (χ2n) is 5.19. The maximum atomic E-state index is 12.5. The van der Waals surface area contributed by atoms with Crippen molar-refractivity contribution in [2.45, 2.75) is 55.2 Å². The minimum Gasteiger partial charge on any atom is -0.392 e. The Kier molecular flexibility index (Phi) is 4.84. The van der Waals surface area contributed by atoms with Gasteiger partial charge in [0, 0.05) is 4.88 Å². The van der Waals surface area contributed by atoms with Crippen LogP contribution in [0.15, 0.2) is 16.3 Å². The van der Waals surface area contributed by atoms with Crippen molar-refractivity contribution in [2.75, 3.05) is 0 Å². The van der Waals surface area contributed by atoms with Crippen LogP contribution in [-0.2, 0) is 16.4 Å². The summed E-state index contributed by atoms with van der Waals surface area (Å²) in [7, 11) is -3.55. The summed E-state index contributed by atoms with van der Waals surface area (Å²) in [5, 5.41) is 0. The molecule has 0 bridgehead atoms. The van der Waals surface area contributed by atoms with Gasteiger partial charge in [-0.1, -0.05) is 38.4 Å². The molecule has 1 saturated carbocycles. The number of nitrogens with one attached hydrogen (secondary N) is 1. The molecule has 2 rings (SSSR count). The molecule has 0 spiro atoms. The molecule has 1 heterocycles. The number of rotatable bonds is 5. The second-order valence-corrected chi connectivity index (χ2v) is 8.70. The highest BCUT2D eigenvalue weighted by Crippen LogP contribution is 2.31. The molecular formula is C13H20N2O2S3. The zero-order valence-corrected chi connectivity index (χ0v) is 14.0. The molecule has 0 atom stereocenters. The normalized spacial score (nSPS) is 18.9. The lowest BCUT2D eigenvalue weighted by molar-refractivity contribution is 0.353. The summed E-state index contributed by atoms with van der Waals surface area (Å²) in [6, 6.07) is 3.51. The van der Waals surface area contributed by atoms with Crippen molar-refractivity contribution in [3.8, 4) is 0 Å². The molecule has 0 amide bonds. The first-order valence-electron chi connectivity index (χ1n) is 6.82. The van der Waals surface area contributed by atoms with E-state index in [0.717, 1.165) is 30.6 Å². The van der Waals surface area contributed by atoms with Crippen molar-refractivity contribution in [1.82, 2.24) is 4.72 Å². The summed E-state index contributed by atoms with van der Waals surface area (Å²) in [5.41, 5.74) is 5.08. The summed E-state index contributed by atoms with van der Waals surface area (Å²) in [6.07, 6.45) is 5.21. The molecule has 0 radical (unpaired) electrons. The van der Waals surface area contributed by atoms with E-state index in [2.05, 4.69) is 4.72 Å². The molecule has 3 N–H and O–H groups in total. The van der Waals surface area contributed by atoms with Gasteiger partial charge in [0.2, 0.25) is 0 Å². The van der Waals surface area contributed by atoms with Gasteiger partial charge in [-0.2, -0.15) is 4.72 Å². The van der Waals surface area contributed by atoms with Crippen LogP contribution in [0, 0.1) is 0 Å². The SMILES string of the molecule is CCc1ccc(S(=O)(=O)NC2(C(N)=S)CCCCC2)s1. The molecule has 20 heavy (non-hydrogen) atoms. The topological polar surface area (TPSA) is 72.2 Å². The highest BCUT2D eigenvalue weighted by Gasteiger charge is 2.39. The maximum Gasteiger partial charge on any atom is 0.250 e. The van der Waals surface area contributed by atoms with E-state index < -0.39 is 15.6 Å². The molecule has 7 heteroatoms. The van der Waals surface area contributed by atoms with Crippen molar-refractivity contribution in [2.24, 2.45) is 5.73 Å². The van der Waals surface area contributed by atoms with Crippen LogP contribution in [0.4, 0.5) is 0 Å². The van der Waals surface area contributed by atoms with Crippen molar-refractivity contribution < 1.29 is 8.42 Å². The molecule has 1 aliphatic rings. The van der Waals surface area contributed by atoms with Crippen LogP contribution >= 0.6 is 23.6 Å². The predicted molar refractivity (Wildman–Crippen MR) is 86.6 cm³/mol. The van der Waals surface area contributed by atoms with E-state index in [0.29, 0.717) is 17.1 Å². The number of nitrogens with two attached hydrogens (primary N) is 1. The number of thiocarbonyl (C=S) groups is 1.